The van der Waals surface area contributed by atoms with E-state index in [1.807, 2.05) is 26.0 Å². The van der Waals surface area contributed by atoms with E-state index in [4.69, 9.17) is 4.42 Å². The first-order valence-electron chi connectivity index (χ1n) is 13.8. The molecular formula is C32H43NO3. The van der Waals surface area contributed by atoms with Crippen molar-refractivity contribution in [2.75, 3.05) is 11.9 Å². The maximum absolute atomic E-state index is 13.2. The van der Waals surface area contributed by atoms with Gasteiger partial charge in [-0.3, -0.25) is 0 Å². The van der Waals surface area contributed by atoms with Crippen LogP contribution in [0.15, 0.2) is 63.8 Å². The highest BCUT2D eigenvalue weighted by atomic mass is 16.4. The van der Waals surface area contributed by atoms with Gasteiger partial charge in [0.15, 0.2) is 0 Å². The Kier molecular flexibility index (Phi) is 10.7. The maximum Gasteiger partial charge on any atom is 0.343 e. The molecule has 194 valence electrons. The molecule has 0 radical (unpaired) electrons. The van der Waals surface area contributed by atoms with Gasteiger partial charge in [-0.2, -0.15) is 0 Å². The van der Waals surface area contributed by atoms with Crippen LogP contribution in [-0.4, -0.2) is 11.7 Å². The summed E-state index contributed by atoms with van der Waals surface area (Å²) in [5.74, 6) is 0.818. The summed E-state index contributed by atoms with van der Waals surface area (Å²) in [4.78, 5) is 13.2. The monoisotopic (exact) mass is 489 g/mol. The standard InChI is InChI=1S/C30H37NO3.C2H6/c1-3-21(2)27(28-29(32)25-16-9-4-5-10-17-26(25)34-30(28)33)23-14-11-15-24(20-23)31-19-18-22-12-7-6-8-13-22;1-2/h6-8,11-15,20-21,27,31-32H,3-5,9-10,16-19H2,1-2H3;1-2H3. The Morgan fingerprint density at radius 1 is 0.972 bits per heavy atom. The summed E-state index contributed by atoms with van der Waals surface area (Å²) >= 11 is 0. The number of anilines is 1. The molecule has 0 fully saturated rings. The number of aromatic hydroxyl groups is 1. The van der Waals surface area contributed by atoms with Crippen LogP contribution < -0.4 is 10.9 Å². The predicted molar refractivity (Wildman–Crippen MR) is 150 cm³/mol. The van der Waals surface area contributed by atoms with E-state index in [9.17, 15) is 9.90 Å². The molecule has 3 aromatic rings. The van der Waals surface area contributed by atoms with Gasteiger partial charge < -0.3 is 14.8 Å². The van der Waals surface area contributed by atoms with E-state index in [2.05, 4.69) is 61.6 Å². The average molecular weight is 490 g/mol. The number of rotatable bonds is 8. The Hall–Kier alpha value is -3.01. The molecule has 0 saturated heterocycles. The molecule has 1 aromatic heterocycles. The fraction of sp³-hybridized carbons (Fsp3) is 0.469. The Morgan fingerprint density at radius 2 is 1.69 bits per heavy atom. The van der Waals surface area contributed by atoms with Gasteiger partial charge in [0.05, 0.1) is 5.56 Å². The second kappa shape index (κ2) is 13.9. The molecule has 2 N–H and O–H groups in total. The van der Waals surface area contributed by atoms with Gasteiger partial charge in [-0.1, -0.05) is 89.4 Å². The Balaban J connectivity index is 0.00000176. The predicted octanol–water partition coefficient (Wildman–Crippen LogP) is 7.86. The molecule has 0 bridgehead atoms. The van der Waals surface area contributed by atoms with Crippen molar-refractivity contribution in [2.24, 2.45) is 5.92 Å². The van der Waals surface area contributed by atoms with E-state index in [1.165, 1.54) is 5.56 Å². The topological polar surface area (TPSA) is 62.5 Å². The molecule has 1 heterocycles. The van der Waals surface area contributed by atoms with E-state index in [-0.39, 0.29) is 23.2 Å². The minimum atomic E-state index is -0.385. The second-order valence-corrected chi connectivity index (χ2v) is 9.62. The number of hydrogen-bond donors (Lipinski definition) is 2. The zero-order chi connectivity index (χ0) is 25.9. The average Bonchev–Trinajstić information content (AvgIpc) is 2.89. The largest absolute Gasteiger partial charge is 0.507 e. The van der Waals surface area contributed by atoms with Gasteiger partial charge in [0, 0.05) is 30.1 Å². The third kappa shape index (κ3) is 6.81. The zero-order valence-corrected chi connectivity index (χ0v) is 22.5. The van der Waals surface area contributed by atoms with E-state index in [0.29, 0.717) is 11.3 Å². The highest BCUT2D eigenvalue weighted by molar-refractivity contribution is 5.51. The van der Waals surface area contributed by atoms with Crippen LogP contribution in [0.25, 0.3) is 0 Å². The molecular weight excluding hydrogens is 446 g/mol. The zero-order valence-electron chi connectivity index (χ0n) is 22.5. The molecule has 1 aliphatic carbocycles. The number of aryl methyl sites for hydroxylation is 1. The molecule has 4 rings (SSSR count). The molecule has 2 unspecified atom stereocenters. The second-order valence-electron chi connectivity index (χ2n) is 9.62. The molecule has 4 nitrogen and oxygen atoms in total. The van der Waals surface area contributed by atoms with Crippen LogP contribution in [0.3, 0.4) is 0 Å². The van der Waals surface area contributed by atoms with Crippen LogP contribution in [0.4, 0.5) is 5.69 Å². The molecule has 0 aliphatic heterocycles. The third-order valence-electron chi connectivity index (χ3n) is 7.25. The first-order valence-corrected chi connectivity index (χ1v) is 13.8. The summed E-state index contributed by atoms with van der Waals surface area (Å²) in [6.45, 7) is 9.11. The lowest BCUT2D eigenvalue weighted by Gasteiger charge is -2.26. The van der Waals surface area contributed by atoms with E-state index in [1.54, 1.807) is 0 Å². The molecule has 0 amide bonds. The maximum atomic E-state index is 13.2. The molecule has 2 atom stereocenters. The fourth-order valence-electron chi connectivity index (χ4n) is 5.15. The lowest BCUT2D eigenvalue weighted by Crippen LogP contribution is -2.22. The smallest absolute Gasteiger partial charge is 0.343 e. The number of nitrogens with one attached hydrogen (secondary N) is 1. The van der Waals surface area contributed by atoms with Crippen molar-refractivity contribution >= 4 is 5.69 Å². The van der Waals surface area contributed by atoms with Gasteiger partial charge in [-0.15, -0.1) is 0 Å². The van der Waals surface area contributed by atoms with Crippen LogP contribution in [0.1, 0.15) is 93.7 Å². The van der Waals surface area contributed by atoms with Gasteiger partial charge in [-0.05, 0) is 54.9 Å². The third-order valence-corrected chi connectivity index (χ3v) is 7.25. The first-order chi connectivity index (χ1) is 17.6. The molecule has 4 heteroatoms. The van der Waals surface area contributed by atoms with Crippen LogP contribution in [0.2, 0.25) is 0 Å². The van der Waals surface area contributed by atoms with Gasteiger partial charge in [0.1, 0.15) is 11.5 Å². The minimum absolute atomic E-state index is 0.167. The van der Waals surface area contributed by atoms with Crippen LogP contribution in [0, 0.1) is 5.92 Å². The first kappa shape index (κ1) is 27.6. The minimum Gasteiger partial charge on any atom is -0.507 e. The van der Waals surface area contributed by atoms with Crippen LogP contribution in [0.5, 0.6) is 5.75 Å². The molecule has 1 aliphatic rings. The van der Waals surface area contributed by atoms with Crippen molar-refractivity contribution in [3.8, 4) is 5.75 Å². The fourth-order valence-corrected chi connectivity index (χ4v) is 5.15. The van der Waals surface area contributed by atoms with Crippen molar-refractivity contribution < 1.29 is 9.52 Å². The van der Waals surface area contributed by atoms with Crippen molar-refractivity contribution in [1.82, 2.24) is 0 Å². The summed E-state index contributed by atoms with van der Waals surface area (Å²) in [7, 11) is 0. The van der Waals surface area contributed by atoms with Crippen LogP contribution in [-0.2, 0) is 19.3 Å². The summed E-state index contributed by atoms with van der Waals surface area (Å²) in [6.07, 6.45) is 7.65. The summed E-state index contributed by atoms with van der Waals surface area (Å²) in [5.41, 5.74) is 4.25. The highest BCUT2D eigenvalue weighted by Crippen LogP contribution is 2.40. The van der Waals surface area contributed by atoms with Crippen molar-refractivity contribution in [1.29, 1.82) is 0 Å². The quantitative estimate of drug-likeness (QED) is 0.338. The SMILES string of the molecule is CC.CCC(C)C(c1cccc(NCCc2ccccc2)c1)c1c(O)c2c(oc1=O)CCCCCC2. The highest BCUT2D eigenvalue weighted by Gasteiger charge is 2.30. The summed E-state index contributed by atoms with van der Waals surface area (Å²) in [5, 5.41) is 14.9. The lowest BCUT2D eigenvalue weighted by atomic mass is 9.79. The van der Waals surface area contributed by atoms with Crippen molar-refractivity contribution in [3.63, 3.8) is 0 Å². The lowest BCUT2D eigenvalue weighted by molar-refractivity contribution is 0.371. The molecule has 0 spiro atoms. The summed E-state index contributed by atoms with van der Waals surface area (Å²) < 4.78 is 5.86. The van der Waals surface area contributed by atoms with Gasteiger partial charge >= 0.3 is 5.63 Å². The van der Waals surface area contributed by atoms with E-state index < -0.39 is 0 Å². The normalized spacial score (nSPS) is 14.9. The van der Waals surface area contributed by atoms with Crippen molar-refractivity contribution in [3.05, 3.63) is 93.0 Å². The molecule has 2 aromatic carbocycles. The van der Waals surface area contributed by atoms with E-state index in [0.717, 1.165) is 74.7 Å². The summed E-state index contributed by atoms with van der Waals surface area (Å²) in [6, 6.07) is 18.7. The Bertz CT molecular complexity index is 1140. The van der Waals surface area contributed by atoms with Gasteiger partial charge in [0.25, 0.3) is 0 Å². The number of fused-ring (bicyclic) bond motifs is 1. The van der Waals surface area contributed by atoms with Crippen molar-refractivity contribution in [2.45, 2.75) is 85.0 Å². The van der Waals surface area contributed by atoms with E-state index >= 15 is 0 Å². The van der Waals surface area contributed by atoms with Crippen LogP contribution >= 0.6 is 0 Å². The number of benzene rings is 2. The molecule has 0 saturated carbocycles. The Labute approximate surface area is 216 Å². The number of hydrogen-bond acceptors (Lipinski definition) is 4. The van der Waals surface area contributed by atoms with Gasteiger partial charge in [0.2, 0.25) is 0 Å². The molecule has 36 heavy (non-hydrogen) atoms. The Morgan fingerprint density at radius 3 is 2.42 bits per heavy atom. The van der Waals surface area contributed by atoms with Gasteiger partial charge in [-0.25, -0.2) is 4.79 Å².